The Bertz CT molecular complexity index is 698. The first kappa shape index (κ1) is 16.9. The summed E-state index contributed by atoms with van der Waals surface area (Å²) in [4.78, 5) is 0. The van der Waals surface area contributed by atoms with Crippen LogP contribution in [-0.2, 0) is 6.54 Å². The van der Waals surface area contributed by atoms with Crippen LogP contribution in [0.2, 0.25) is 0 Å². The molecule has 0 radical (unpaired) electrons. The second kappa shape index (κ2) is 8.28. The van der Waals surface area contributed by atoms with Gasteiger partial charge in [-0.3, -0.25) is 0 Å². The Morgan fingerprint density at radius 3 is 2.78 bits per heavy atom. The lowest BCUT2D eigenvalue weighted by atomic mass is 10.1. The number of aliphatic hydroxyl groups is 1. The Morgan fingerprint density at radius 1 is 1.30 bits per heavy atom. The molecule has 120 valence electrons. The number of nitriles is 1. The summed E-state index contributed by atoms with van der Waals surface area (Å²) in [5, 5.41) is 20.9. The Balaban J connectivity index is 2.03. The van der Waals surface area contributed by atoms with E-state index in [0.717, 1.165) is 11.1 Å². The number of rotatable bonds is 7. The quantitative estimate of drug-likeness (QED) is 0.825. The van der Waals surface area contributed by atoms with E-state index in [1.165, 1.54) is 12.1 Å². The van der Waals surface area contributed by atoms with Crippen molar-refractivity contribution in [3.8, 4) is 11.8 Å². The monoisotopic (exact) mass is 314 g/mol. The molecule has 0 aliphatic heterocycles. The topological polar surface area (TPSA) is 65.3 Å². The van der Waals surface area contributed by atoms with Crippen LogP contribution in [0.25, 0.3) is 0 Å². The predicted molar refractivity (Wildman–Crippen MR) is 85.4 cm³/mol. The van der Waals surface area contributed by atoms with Crippen LogP contribution in [-0.4, -0.2) is 18.3 Å². The van der Waals surface area contributed by atoms with Crippen LogP contribution < -0.4 is 10.1 Å². The van der Waals surface area contributed by atoms with Gasteiger partial charge in [-0.2, -0.15) is 5.26 Å². The van der Waals surface area contributed by atoms with E-state index in [-0.39, 0.29) is 24.8 Å². The Labute approximate surface area is 135 Å². The number of hydrogen-bond donors (Lipinski definition) is 2. The van der Waals surface area contributed by atoms with Gasteiger partial charge in [-0.1, -0.05) is 24.3 Å². The highest BCUT2D eigenvalue weighted by molar-refractivity contribution is 5.35. The van der Waals surface area contributed by atoms with Crippen molar-refractivity contribution in [1.82, 2.24) is 5.32 Å². The van der Waals surface area contributed by atoms with E-state index >= 15 is 0 Å². The van der Waals surface area contributed by atoms with Gasteiger partial charge in [-0.05, 0) is 30.7 Å². The molecule has 2 rings (SSSR count). The van der Waals surface area contributed by atoms with Crippen LogP contribution in [0.5, 0.6) is 5.75 Å². The van der Waals surface area contributed by atoms with Crippen LogP contribution in [0, 0.1) is 17.1 Å². The standard InChI is InChI=1S/C18H19FN2O2/c1-13(14-6-7-15(11-20)17(19)10-14)21-12-16-4-2-3-5-18(16)23-9-8-22/h2-7,10,13,21-22H,8-9,12H2,1H3. The first-order chi connectivity index (χ1) is 11.2. The largest absolute Gasteiger partial charge is 0.491 e. The number of nitrogens with one attached hydrogen (secondary N) is 1. The van der Waals surface area contributed by atoms with Gasteiger partial charge in [0.05, 0.1) is 12.2 Å². The fourth-order valence-electron chi connectivity index (χ4n) is 2.22. The van der Waals surface area contributed by atoms with Crippen molar-refractivity contribution in [3.05, 3.63) is 65.0 Å². The summed E-state index contributed by atoms with van der Waals surface area (Å²) in [5.74, 6) is 0.206. The molecule has 0 aliphatic rings. The molecule has 2 aromatic carbocycles. The van der Waals surface area contributed by atoms with Gasteiger partial charge in [0.2, 0.25) is 0 Å². The summed E-state index contributed by atoms with van der Waals surface area (Å²) in [6.07, 6.45) is 0. The number of para-hydroxylation sites is 1. The van der Waals surface area contributed by atoms with Gasteiger partial charge < -0.3 is 15.2 Å². The van der Waals surface area contributed by atoms with Gasteiger partial charge in [0.1, 0.15) is 24.2 Å². The number of aliphatic hydroxyl groups excluding tert-OH is 1. The van der Waals surface area contributed by atoms with Gasteiger partial charge in [-0.25, -0.2) is 4.39 Å². The summed E-state index contributed by atoms with van der Waals surface area (Å²) >= 11 is 0. The SMILES string of the molecule is CC(NCc1ccccc1OCCO)c1ccc(C#N)c(F)c1. The maximum absolute atomic E-state index is 13.7. The molecule has 0 saturated carbocycles. The second-order valence-electron chi connectivity index (χ2n) is 5.13. The number of hydrogen-bond acceptors (Lipinski definition) is 4. The fraction of sp³-hybridized carbons (Fsp3) is 0.278. The zero-order valence-corrected chi connectivity index (χ0v) is 12.9. The maximum atomic E-state index is 13.7. The summed E-state index contributed by atoms with van der Waals surface area (Å²) in [6.45, 7) is 2.68. The number of ether oxygens (including phenoxy) is 1. The highest BCUT2D eigenvalue weighted by Gasteiger charge is 2.10. The number of benzene rings is 2. The van der Waals surface area contributed by atoms with Crippen LogP contribution in [0.3, 0.4) is 0 Å². The van der Waals surface area contributed by atoms with Gasteiger partial charge in [0.25, 0.3) is 0 Å². The first-order valence-electron chi connectivity index (χ1n) is 7.40. The Hall–Kier alpha value is -2.42. The van der Waals surface area contributed by atoms with Crippen molar-refractivity contribution in [2.24, 2.45) is 0 Å². The van der Waals surface area contributed by atoms with Gasteiger partial charge >= 0.3 is 0 Å². The molecular weight excluding hydrogens is 295 g/mol. The molecule has 0 fully saturated rings. The lowest BCUT2D eigenvalue weighted by Crippen LogP contribution is -2.19. The van der Waals surface area contributed by atoms with E-state index in [1.54, 1.807) is 6.07 Å². The van der Waals surface area contributed by atoms with Crippen molar-refractivity contribution in [3.63, 3.8) is 0 Å². The van der Waals surface area contributed by atoms with E-state index in [1.807, 2.05) is 37.3 Å². The van der Waals surface area contributed by atoms with Gasteiger partial charge in [0.15, 0.2) is 0 Å². The van der Waals surface area contributed by atoms with Crippen molar-refractivity contribution >= 4 is 0 Å². The highest BCUT2D eigenvalue weighted by Crippen LogP contribution is 2.20. The highest BCUT2D eigenvalue weighted by atomic mass is 19.1. The predicted octanol–water partition coefficient (Wildman–Crippen LogP) is 2.92. The van der Waals surface area contributed by atoms with E-state index in [4.69, 9.17) is 15.1 Å². The molecule has 1 unspecified atom stereocenters. The zero-order chi connectivity index (χ0) is 16.7. The molecule has 0 aromatic heterocycles. The Morgan fingerprint density at radius 2 is 2.09 bits per heavy atom. The molecule has 0 bridgehead atoms. The van der Waals surface area contributed by atoms with E-state index in [2.05, 4.69) is 5.32 Å². The molecule has 23 heavy (non-hydrogen) atoms. The van der Waals surface area contributed by atoms with Gasteiger partial charge in [-0.15, -0.1) is 0 Å². The van der Waals surface area contributed by atoms with Crippen molar-refractivity contribution < 1.29 is 14.2 Å². The van der Waals surface area contributed by atoms with Crippen molar-refractivity contribution in [1.29, 1.82) is 5.26 Å². The third-order valence-electron chi connectivity index (χ3n) is 3.53. The summed E-state index contributed by atoms with van der Waals surface area (Å²) in [7, 11) is 0. The average molecular weight is 314 g/mol. The number of halogens is 1. The lowest BCUT2D eigenvalue weighted by Gasteiger charge is -2.16. The smallest absolute Gasteiger partial charge is 0.141 e. The van der Waals surface area contributed by atoms with Crippen LogP contribution in [0.15, 0.2) is 42.5 Å². The lowest BCUT2D eigenvalue weighted by molar-refractivity contribution is 0.200. The fourth-order valence-corrected chi connectivity index (χ4v) is 2.22. The molecule has 4 nitrogen and oxygen atoms in total. The van der Waals surface area contributed by atoms with Crippen LogP contribution in [0.1, 0.15) is 29.7 Å². The average Bonchev–Trinajstić information content (AvgIpc) is 2.58. The molecule has 5 heteroatoms. The van der Waals surface area contributed by atoms with Gasteiger partial charge in [0, 0.05) is 18.2 Å². The number of nitrogens with zero attached hydrogens (tertiary/aromatic N) is 1. The molecule has 0 amide bonds. The molecule has 2 N–H and O–H groups in total. The van der Waals surface area contributed by atoms with E-state index < -0.39 is 5.82 Å². The van der Waals surface area contributed by atoms with Crippen LogP contribution >= 0.6 is 0 Å². The summed E-state index contributed by atoms with van der Waals surface area (Å²) in [6, 6.07) is 13.9. The van der Waals surface area contributed by atoms with E-state index in [9.17, 15) is 4.39 Å². The minimum Gasteiger partial charge on any atom is -0.491 e. The minimum atomic E-state index is -0.509. The molecule has 0 heterocycles. The zero-order valence-electron chi connectivity index (χ0n) is 12.9. The molecule has 2 aromatic rings. The molecule has 1 atom stereocenters. The van der Waals surface area contributed by atoms with E-state index in [0.29, 0.717) is 12.3 Å². The van der Waals surface area contributed by atoms with Crippen LogP contribution in [0.4, 0.5) is 4.39 Å². The first-order valence-corrected chi connectivity index (χ1v) is 7.40. The van der Waals surface area contributed by atoms with Crippen molar-refractivity contribution in [2.75, 3.05) is 13.2 Å². The molecular formula is C18H19FN2O2. The summed E-state index contributed by atoms with van der Waals surface area (Å²) < 4.78 is 19.2. The Kier molecular flexibility index (Phi) is 6.10. The summed E-state index contributed by atoms with van der Waals surface area (Å²) in [5.41, 5.74) is 1.78. The molecule has 0 saturated heterocycles. The third kappa shape index (κ3) is 4.52. The maximum Gasteiger partial charge on any atom is 0.141 e. The normalized spacial score (nSPS) is 11.7. The third-order valence-corrected chi connectivity index (χ3v) is 3.53. The minimum absolute atomic E-state index is 0.0390. The van der Waals surface area contributed by atoms with Crippen molar-refractivity contribution in [2.45, 2.75) is 19.5 Å². The molecule has 0 aliphatic carbocycles. The second-order valence-corrected chi connectivity index (χ2v) is 5.13. The molecule has 0 spiro atoms.